The third-order valence-electron chi connectivity index (χ3n) is 5.47. The smallest absolute Gasteiger partial charge is 0.234 e. The fourth-order valence-corrected chi connectivity index (χ4v) is 4.39. The Kier molecular flexibility index (Phi) is 6.86. The summed E-state index contributed by atoms with van der Waals surface area (Å²) in [7, 11) is 0. The van der Waals surface area contributed by atoms with Crippen LogP contribution in [0.5, 0.6) is 0 Å². The van der Waals surface area contributed by atoms with Crippen molar-refractivity contribution in [2.45, 2.75) is 32.9 Å². The number of hydrogen-bond donors (Lipinski definition) is 1. The third-order valence-corrected chi connectivity index (χ3v) is 6.65. The van der Waals surface area contributed by atoms with E-state index in [1.807, 2.05) is 60.9 Å². The van der Waals surface area contributed by atoms with Gasteiger partial charge in [-0.1, -0.05) is 47.1 Å². The fraction of sp³-hybridized carbons (Fsp3) is 0.192. The van der Waals surface area contributed by atoms with Crippen LogP contribution in [-0.2, 0) is 4.79 Å². The van der Waals surface area contributed by atoms with Gasteiger partial charge >= 0.3 is 0 Å². The summed E-state index contributed by atoms with van der Waals surface area (Å²) in [6, 6.07) is 19.7. The Bertz CT molecular complexity index is 1310. The van der Waals surface area contributed by atoms with Crippen LogP contribution in [0.4, 0.5) is 5.69 Å². The molecule has 0 aliphatic carbocycles. The van der Waals surface area contributed by atoms with Crippen LogP contribution in [-0.4, -0.2) is 26.4 Å². The summed E-state index contributed by atoms with van der Waals surface area (Å²) in [5.74, 6) is 0.832. The standard InChI is InChI=1S/C26H25ClN4OS/c1-16-5-12-23(19(4)13-16)28-24(32)15-33-26-30-29-25(20-7-9-21(27)10-8-20)31(26)22-11-6-17(2)18(3)14-22/h5-14H,15H2,1-4H3,(H,28,32). The van der Waals surface area contributed by atoms with E-state index in [1.165, 1.54) is 22.9 Å². The summed E-state index contributed by atoms with van der Waals surface area (Å²) in [5.41, 5.74) is 7.26. The second kappa shape index (κ2) is 9.81. The van der Waals surface area contributed by atoms with Crippen LogP contribution in [0, 0.1) is 27.7 Å². The molecule has 0 aliphatic rings. The largest absolute Gasteiger partial charge is 0.325 e. The van der Waals surface area contributed by atoms with Crippen molar-refractivity contribution in [2.75, 3.05) is 11.1 Å². The van der Waals surface area contributed by atoms with E-state index in [0.717, 1.165) is 28.1 Å². The van der Waals surface area contributed by atoms with E-state index in [-0.39, 0.29) is 11.7 Å². The van der Waals surface area contributed by atoms with Crippen molar-refractivity contribution < 1.29 is 4.79 Å². The Morgan fingerprint density at radius 1 is 0.909 bits per heavy atom. The molecule has 5 nitrogen and oxygen atoms in total. The number of amides is 1. The highest BCUT2D eigenvalue weighted by atomic mass is 35.5. The maximum Gasteiger partial charge on any atom is 0.234 e. The second-order valence-electron chi connectivity index (χ2n) is 8.07. The number of carbonyl (C=O) groups excluding carboxylic acids is 1. The number of aromatic nitrogens is 3. The first kappa shape index (κ1) is 23.1. The van der Waals surface area contributed by atoms with E-state index in [4.69, 9.17) is 11.6 Å². The predicted octanol–water partition coefficient (Wildman–Crippen LogP) is 6.55. The van der Waals surface area contributed by atoms with Crippen LogP contribution >= 0.6 is 23.4 Å². The summed E-state index contributed by atoms with van der Waals surface area (Å²) < 4.78 is 1.99. The molecule has 0 fully saturated rings. The van der Waals surface area contributed by atoms with Gasteiger partial charge in [-0.3, -0.25) is 9.36 Å². The summed E-state index contributed by atoms with van der Waals surface area (Å²) in [5, 5.41) is 13.2. The molecular formula is C26H25ClN4OS. The van der Waals surface area contributed by atoms with Crippen LogP contribution in [0.15, 0.2) is 65.8 Å². The lowest BCUT2D eigenvalue weighted by atomic mass is 10.1. The Morgan fingerprint density at radius 2 is 1.67 bits per heavy atom. The molecule has 7 heteroatoms. The number of benzene rings is 3. The molecule has 0 unspecified atom stereocenters. The summed E-state index contributed by atoms with van der Waals surface area (Å²) >= 11 is 7.44. The Balaban J connectivity index is 1.62. The first-order chi connectivity index (χ1) is 15.8. The molecule has 0 radical (unpaired) electrons. The molecule has 0 atom stereocenters. The monoisotopic (exact) mass is 476 g/mol. The second-order valence-corrected chi connectivity index (χ2v) is 9.45. The SMILES string of the molecule is Cc1ccc(NC(=O)CSc2nnc(-c3ccc(Cl)cc3)n2-c2ccc(C)c(C)c2)c(C)c1. The van der Waals surface area contributed by atoms with Crippen molar-refractivity contribution in [2.24, 2.45) is 0 Å². The zero-order valence-electron chi connectivity index (χ0n) is 19.0. The van der Waals surface area contributed by atoms with Gasteiger partial charge in [0.05, 0.1) is 11.4 Å². The van der Waals surface area contributed by atoms with Crippen molar-refractivity contribution in [3.05, 3.63) is 87.9 Å². The summed E-state index contributed by atoms with van der Waals surface area (Å²) in [4.78, 5) is 12.7. The Labute approximate surface area is 203 Å². The molecule has 0 saturated heterocycles. The number of hydrogen-bond acceptors (Lipinski definition) is 4. The van der Waals surface area contributed by atoms with Gasteiger partial charge in [-0.25, -0.2) is 0 Å². The molecule has 0 aliphatic heterocycles. The van der Waals surface area contributed by atoms with E-state index < -0.39 is 0 Å². The summed E-state index contributed by atoms with van der Waals surface area (Å²) in [6.45, 7) is 8.19. The van der Waals surface area contributed by atoms with Gasteiger partial charge in [0.25, 0.3) is 0 Å². The molecule has 0 spiro atoms. The molecule has 1 N–H and O–H groups in total. The lowest BCUT2D eigenvalue weighted by molar-refractivity contribution is -0.113. The van der Waals surface area contributed by atoms with E-state index in [2.05, 4.69) is 47.6 Å². The minimum absolute atomic E-state index is 0.0883. The topological polar surface area (TPSA) is 59.8 Å². The number of carbonyl (C=O) groups is 1. The normalized spacial score (nSPS) is 10.9. The first-order valence-corrected chi connectivity index (χ1v) is 12.0. The predicted molar refractivity (Wildman–Crippen MR) is 137 cm³/mol. The number of rotatable bonds is 6. The van der Waals surface area contributed by atoms with Crippen LogP contribution in [0.3, 0.4) is 0 Å². The van der Waals surface area contributed by atoms with Crippen LogP contribution in [0.1, 0.15) is 22.3 Å². The molecule has 0 saturated carbocycles. The average molecular weight is 477 g/mol. The maximum atomic E-state index is 12.7. The highest BCUT2D eigenvalue weighted by Crippen LogP contribution is 2.30. The number of anilines is 1. The highest BCUT2D eigenvalue weighted by molar-refractivity contribution is 7.99. The molecule has 1 amide bonds. The number of halogens is 1. The molecule has 168 valence electrons. The molecule has 4 rings (SSSR count). The quantitative estimate of drug-likeness (QED) is 0.320. The third kappa shape index (κ3) is 5.29. The van der Waals surface area contributed by atoms with Crippen LogP contribution < -0.4 is 5.32 Å². The molecule has 4 aromatic rings. The molecule has 33 heavy (non-hydrogen) atoms. The van der Waals surface area contributed by atoms with Crippen LogP contribution in [0.2, 0.25) is 5.02 Å². The minimum Gasteiger partial charge on any atom is -0.325 e. The van der Waals surface area contributed by atoms with Crippen molar-refractivity contribution in [1.29, 1.82) is 0 Å². The lowest BCUT2D eigenvalue weighted by Gasteiger charge is -2.13. The maximum absolute atomic E-state index is 12.7. The van der Waals surface area contributed by atoms with E-state index in [0.29, 0.717) is 16.0 Å². The van der Waals surface area contributed by atoms with Gasteiger partial charge < -0.3 is 5.32 Å². The van der Waals surface area contributed by atoms with Crippen molar-refractivity contribution >= 4 is 35.0 Å². The Morgan fingerprint density at radius 3 is 2.36 bits per heavy atom. The van der Waals surface area contributed by atoms with Gasteiger partial charge in [0.15, 0.2) is 11.0 Å². The molecular weight excluding hydrogens is 452 g/mol. The minimum atomic E-state index is -0.0883. The number of nitrogens with one attached hydrogen (secondary N) is 1. The van der Waals surface area contributed by atoms with Crippen molar-refractivity contribution in [1.82, 2.24) is 14.8 Å². The fourth-order valence-electron chi connectivity index (χ4n) is 3.52. The average Bonchev–Trinajstić information content (AvgIpc) is 3.20. The number of nitrogens with zero attached hydrogens (tertiary/aromatic N) is 3. The molecule has 0 bridgehead atoms. The van der Waals surface area contributed by atoms with Gasteiger partial charge in [0.1, 0.15) is 0 Å². The number of thioether (sulfide) groups is 1. The lowest BCUT2D eigenvalue weighted by Crippen LogP contribution is -2.15. The van der Waals surface area contributed by atoms with E-state index in [1.54, 1.807) is 0 Å². The zero-order chi connectivity index (χ0) is 23.5. The zero-order valence-corrected chi connectivity index (χ0v) is 20.6. The molecule has 1 heterocycles. The van der Waals surface area contributed by atoms with Crippen molar-refractivity contribution in [3.63, 3.8) is 0 Å². The van der Waals surface area contributed by atoms with E-state index >= 15 is 0 Å². The highest BCUT2D eigenvalue weighted by Gasteiger charge is 2.18. The van der Waals surface area contributed by atoms with Crippen LogP contribution in [0.25, 0.3) is 17.1 Å². The Hall–Kier alpha value is -3.09. The van der Waals surface area contributed by atoms with Gasteiger partial charge in [0.2, 0.25) is 5.91 Å². The van der Waals surface area contributed by atoms with Gasteiger partial charge in [-0.2, -0.15) is 0 Å². The summed E-state index contributed by atoms with van der Waals surface area (Å²) in [6.07, 6.45) is 0. The van der Waals surface area contributed by atoms with E-state index in [9.17, 15) is 4.79 Å². The molecule has 3 aromatic carbocycles. The van der Waals surface area contributed by atoms with Gasteiger partial charge in [0, 0.05) is 16.3 Å². The number of aryl methyl sites for hydroxylation is 4. The molecule has 1 aromatic heterocycles. The van der Waals surface area contributed by atoms with Gasteiger partial charge in [-0.15, -0.1) is 10.2 Å². The van der Waals surface area contributed by atoms with Crippen molar-refractivity contribution in [3.8, 4) is 17.1 Å². The first-order valence-electron chi connectivity index (χ1n) is 10.6. The van der Waals surface area contributed by atoms with Gasteiger partial charge in [-0.05, 0) is 86.8 Å².